The zero-order valence-electron chi connectivity index (χ0n) is 10.7. The van der Waals surface area contributed by atoms with Crippen LogP contribution in [0.15, 0.2) is 26.9 Å². The number of anilines is 2. The quantitative estimate of drug-likeness (QED) is 0.853. The van der Waals surface area contributed by atoms with Gasteiger partial charge in [-0.3, -0.25) is 4.72 Å². The second kappa shape index (κ2) is 5.58. The summed E-state index contributed by atoms with van der Waals surface area (Å²) in [5, 5.41) is 0.221. The van der Waals surface area contributed by atoms with Crippen LogP contribution in [0.1, 0.15) is 5.69 Å². The molecule has 20 heavy (non-hydrogen) atoms. The van der Waals surface area contributed by atoms with E-state index in [9.17, 15) is 8.42 Å². The van der Waals surface area contributed by atoms with Crippen LogP contribution in [0.5, 0.6) is 5.75 Å². The summed E-state index contributed by atoms with van der Waals surface area (Å²) >= 11 is 4.23. The summed E-state index contributed by atoms with van der Waals surface area (Å²) in [4.78, 5) is 3.91. The minimum atomic E-state index is -3.70. The highest BCUT2D eigenvalue weighted by Gasteiger charge is 2.21. The van der Waals surface area contributed by atoms with Crippen molar-refractivity contribution in [2.24, 2.45) is 0 Å². The molecule has 2 rings (SSSR count). The third-order valence-electron chi connectivity index (χ3n) is 2.42. The van der Waals surface area contributed by atoms with E-state index < -0.39 is 10.0 Å². The van der Waals surface area contributed by atoms with Crippen LogP contribution in [0.25, 0.3) is 0 Å². The highest BCUT2D eigenvalue weighted by Crippen LogP contribution is 2.31. The molecule has 0 radical (unpaired) electrons. The Morgan fingerprint density at radius 1 is 1.45 bits per heavy atom. The van der Waals surface area contributed by atoms with Gasteiger partial charge < -0.3 is 10.5 Å². The van der Waals surface area contributed by atoms with Gasteiger partial charge in [0.05, 0.1) is 23.0 Å². The van der Waals surface area contributed by atoms with Crippen LogP contribution >= 0.6 is 27.3 Å². The van der Waals surface area contributed by atoms with Crippen molar-refractivity contribution in [3.8, 4) is 5.75 Å². The Morgan fingerprint density at radius 3 is 2.65 bits per heavy atom. The van der Waals surface area contributed by atoms with Crippen LogP contribution in [-0.2, 0) is 10.0 Å². The van der Waals surface area contributed by atoms with Crippen molar-refractivity contribution in [1.29, 1.82) is 0 Å². The molecular weight excluding hydrogens is 366 g/mol. The number of ether oxygens (including phenoxy) is 1. The number of halogens is 1. The zero-order chi connectivity index (χ0) is 14.9. The summed E-state index contributed by atoms with van der Waals surface area (Å²) in [6.07, 6.45) is 0. The topological polar surface area (TPSA) is 94.3 Å². The van der Waals surface area contributed by atoms with E-state index in [1.54, 1.807) is 25.1 Å². The number of aromatic nitrogens is 1. The van der Waals surface area contributed by atoms with Crippen LogP contribution < -0.4 is 15.2 Å². The van der Waals surface area contributed by atoms with Crippen molar-refractivity contribution in [3.63, 3.8) is 0 Å². The van der Waals surface area contributed by atoms with E-state index in [4.69, 9.17) is 10.5 Å². The molecule has 0 aliphatic carbocycles. The lowest BCUT2D eigenvalue weighted by Crippen LogP contribution is -2.12. The lowest BCUT2D eigenvalue weighted by molar-refractivity contribution is 0.412. The molecule has 0 fully saturated rings. The molecule has 0 atom stereocenters. The van der Waals surface area contributed by atoms with Crippen LogP contribution in [0.3, 0.4) is 0 Å². The van der Waals surface area contributed by atoms with Gasteiger partial charge >= 0.3 is 0 Å². The van der Waals surface area contributed by atoms with Crippen molar-refractivity contribution >= 4 is 48.1 Å². The molecule has 1 aromatic carbocycles. The van der Waals surface area contributed by atoms with E-state index in [1.165, 1.54) is 7.11 Å². The maximum Gasteiger partial charge on any atom is 0.273 e. The first-order chi connectivity index (χ1) is 9.33. The van der Waals surface area contributed by atoms with Gasteiger partial charge in [-0.1, -0.05) is 11.3 Å². The summed E-state index contributed by atoms with van der Waals surface area (Å²) in [5.41, 5.74) is 6.33. The van der Waals surface area contributed by atoms with Gasteiger partial charge in [0.2, 0.25) is 0 Å². The van der Waals surface area contributed by atoms with Crippen molar-refractivity contribution in [3.05, 3.63) is 28.4 Å². The fraction of sp³-hybridized carbons (Fsp3) is 0.182. The summed E-state index contributed by atoms with van der Waals surface area (Å²) in [5.74, 6) is 0.617. The highest BCUT2D eigenvalue weighted by molar-refractivity contribution is 9.10. The second-order valence-electron chi connectivity index (χ2n) is 3.88. The molecule has 3 N–H and O–H groups in total. The second-order valence-corrected chi connectivity index (χ2v) is 7.64. The Morgan fingerprint density at radius 2 is 2.15 bits per heavy atom. The molecule has 1 aromatic heterocycles. The molecule has 0 saturated heterocycles. The Balaban J connectivity index is 2.33. The van der Waals surface area contributed by atoms with Crippen molar-refractivity contribution < 1.29 is 13.2 Å². The molecule has 2 aromatic rings. The molecule has 0 aliphatic heterocycles. The smallest absolute Gasteiger partial charge is 0.273 e. The third-order valence-corrected chi connectivity index (χ3v) is 6.02. The molecule has 6 nitrogen and oxygen atoms in total. The predicted molar refractivity (Wildman–Crippen MR) is 82.8 cm³/mol. The Bertz CT molecular complexity index is 743. The molecule has 0 amide bonds. The van der Waals surface area contributed by atoms with Crippen molar-refractivity contribution in [2.75, 3.05) is 17.6 Å². The van der Waals surface area contributed by atoms with Gasteiger partial charge in [-0.25, -0.2) is 13.4 Å². The molecule has 9 heteroatoms. The Labute approximate surface area is 129 Å². The maximum atomic E-state index is 12.3. The minimum Gasteiger partial charge on any atom is -0.496 e. The van der Waals surface area contributed by atoms with E-state index in [2.05, 4.69) is 25.6 Å². The summed E-state index contributed by atoms with van der Waals surface area (Å²) in [6, 6.07) is 4.90. The van der Waals surface area contributed by atoms with E-state index in [0.717, 1.165) is 11.3 Å². The first kappa shape index (κ1) is 15.1. The zero-order valence-corrected chi connectivity index (χ0v) is 13.9. The number of nitrogen functional groups attached to an aromatic ring is 1. The van der Waals surface area contributed by atoms with E-state index >= 15 is 0 Å². The van der Waals surface area contributed by atoms with Gasteiger partial charge in [-0.2, -0.15) is 0 Å². The standard InChI is InChI=1S/C11H12BrN3O3S2/c1-6-10(19-11(13)14-6)20(16,17)15-7-3-4-9(18-2)8(12)5-7/h3-5,15H,1-2H3,(H2,13,14). The number of nitrogens with one attached hydrogen (secondary N) is 1. The SMILES string of the molecule is COc1ccc(NS(=O)(=O)c2sc(N)nc2C)cc1Br. The maximum absolute atomic E-state index is 12.3. The molecule has 0 aliphatic rings. The number of methoxy groups -OCH3 is 1. The van der Waals surface area contributed by atoms with E-state index in [-0.39, 0.29) is 9.34 Å². The van der Waals surface area contributed by atoms with E-state index in [0.29, 0.717) is 21.6 Å². The number of benzene rings is 1. The van der Waals surface area contributed by atoms with Crippen molar-refractivity contribution in [1.82, 2.24) is 4.98 Å². The fourth-order valence-electron chi connectivity index (χ4n) is 1.58. The average Bonchev–Trinajstić information content (AvgIpc) is 2.69. The third kappa shape index (κ3) is 3.05. The Hall–Kier alpha value is -1.32. The molecule has 1 heterocycles. The fourth-order valence-corrected chi connectivity index (χ4v) is 4.47. The number of rotatable bonds is 4. The molecule has 108 valence electrons. The number of hydrogen-bond donors (Lipinski definition) is 2. The molecule has 0 unspecified atom stereocenters. The monoisotopic (exact) mass is 377 g/mol. The average molecular weight is 378 g/mol. The largest absolute Gasteiger partial charge is 0.496 e. The highest BCUT2D eigenvalue weighted by atomic mass is 79.9. The number of sulfonamides is 1. The van der Waals surface area contributed by atoms with Crippen LogP contribution in [0.2, 0.25) is 0 Å². The predicted octanol–water partition coefficient (Wildman–Crippen LogP) is 2.61. The van der Waals surface area contributed by atoms with Gasteiger partial charge in [-0.05, 0) is 41.1 Å². The van der Waals surface area contributed by atoms with Gasteiger partial charge in [0.25, 0.3) is 10.0 Å². The number of nitrogens with two attached hydrogens (primary N) is 1. The normalized spacial score (nSPS) is 11.3. The lowest BCUT2D eigenvalue weighted by Gasteiger charge is -2.09. The van der Waals surface area contributed by atoms with E-state index in [1.807, 2.05) is 0 Å². The summed E-state index contributed by atoms with van der Waals surface area (Å²) in [6.45, 7) is 1.60. The van der Waals surface area contributed by atoms with Crippen LogP contribution in [-0.4, -0.2) is 20.5 Å². The van der Waals surface area contributed by atoms with Crippen molar-refractivity contribution in [2.45, 2.75) is 11.1 Å². The number of hydrogen-bond acceptors (Lipinski definition) is 6. The van der Waals surface area contributed by atoms with Gasteiger partial charge in [0.15, 0.2) is 9.34 Å². The summed E-state index contributed by atoms with van der Waals surface area (Å²) in [7, 11) is -2.16. The molecular formula is C11H12BrN3O3S2. The number of aryl methyl sites for hydroxylation is 1. The van der Waals surface area contributed by atoms with Gasteiger partial charge in [0, 0.05) is 0 Å². The van der Waals surface area contributed by atoms with Crippen LogP contribution in [0.4, 0.5) is 10.8 Å². The first-order valence-corrected chi connectivity index (χ1v) is 8.52. The number of thiazole rings is 1. The molecule has 0 spiro atoms. The molecule has 0 bridgehead atoms. The first-order valence-electron chi connectivity index (χ1n) is 5.43. The van der Waals surface area contributed by atoms with Gasteiger partial charge in [-0.15, -0.1) is 0 Å². The summed E-state index contributed by atoms with van der Waals surface area (Å²) < 4.78 is 32.9. The van der Waals surface area contributed by atoms with Crippen LogP contribution in [0, 0.1) is 6.92 Å². The molecule has 0 saturated carbocycles. The number of nitrogens with zero attached hydrogens (tertiary/aromatic N) is 1. The van der Waals surface area contributed by atoms with Gasteiger partial charge in [0.1, 0.15) is 5.75 Å². The lowest BCUT2D eigenvalue weighted by atomic mass is 10.3. The Kier molecular flexibility index (Phi) is 4.21. The minimum absolute atomic E-state index is 0.113.